The average molecular weight is 391 g/mol. The van der Waals surface area contributed by atoms with E-state index in [0.717, 1.165) is 12.8 Å². The molecular formula is C25H42O3. The summed E-state index contributed by atoms with van der Waals surface area (Å²) < 4.78 is 5.05. The Morgan fingerprint density at radius 2 is 1.25 bits per heavy atom. The van der Waals surface area contributed by atoms with Gasteiger partial charge in [-0.15, -0.1) is 0 Å². The Kier molecular flexibility index (Phi) is 14.4. The number of carbonyl (C=O) groups excluding carboxylic acids is 1. The molecule has 0 saturated heterocycles. The van der Waals surface area contributed by atoms with Crippen molar-refractivity contribution in [2.24, 2.45) is 0 Å². The number of phenols is 1. The fourth-order valence-corrected chi connectivity index (χ4v) is 3.67. The highest BCUT2D eigenvalue weighted by Crippen LogP contribution is 2.25. The summed E-state index contributed by atoms with van der Waals surface area (Å²) in [5.74, 6) is 0.612. The Balaban J connectivity index is 1.92. The summed E-state index contributed by atoms with van der Waals surface area (Å²) in [7, 11) is 1.55. The molecule has 0 aliphatic rings. The number of ketones is 1. The maximum Gasteiger partial charge on any atom is 0.166 e. The number of hydrogen-bond donors (Lipinski definition) is 1. The van der Waals surface area contributed by atoms with Gasteiger partial charge in [-0.2, -0.15) is 0 Å². The monoisotopic (exact) mass is 390 g/mol. The second-order valence-electron chi connectivity index (χ2n) is 8.01. The Hall–Kier alpha value is -1.51. The van der Waals surface area contributed by atoms with Crippen LogP contribution in [0.3, 0.4) is 0 Å². The number of ether oxygens (including phenoxy) is 1. The largest absolute Gasteiger partial charge is 0.507 e. The molecule has 3 nitrogen and oxygen atoms in total. The lowest BCUT2D eigenvalue weighted by atomic mass is 10.0. The molecule has 0 heterocycles. The highest BCUT2D eigenvalue weighted by molar-refractivity contribution is 5.98. The molecule has 0 bridgehead atoms. The summed E-state index contributed by atoms with van der Waals surface area (Å²) in [6, 6.07) is 4.88. The van der Waals surface area contributed by atoms with Crippen molar-refractivity contribution in [3.8, 4) is 11.5 Å². The van der Waals surface area contributed by atoms with Gasteiger partial charge in [-0.05, 0) is 18.6 Å². The van der Waals surface area contributed by atoms with Crippen LogP contribution < -0.4 is 4.74 Å². The van der Waals surface area contributed by atoms with Gasteiger partial charge in [-0.1, -0.05) is 96.8 Å². The Morgan fingerprint density at radius 1 is 0.786 bits per heavy atom. The summed E-state index contributed by atoms with van der Waals surface area (Å²) in [4.78, 5) is 12.2. The molecule has 28 heavy (non-hydrogen) atoms. The first-order chi connectivity index (χ1) is 13.7. The number of benzene rings is 1. The summed E-state index contributed by atoms with van der Waals surface area (Å²) in [6.45, 7) is 2.27. The quantitative estimate of drug-likeness (QED) is 0.205. The molecule has 0 amide bonds. The smallest absolute Gasteiger partial charge is 0.166 e. The first-order valence-electron chi connectivity index (χ1n) is 11.6. The van der Waals surface area contributed by atoms with E-state index >= 15 is 0 Å². The van der Waals surface area contributed by atoms with Crippen molar-refractivity contribution in [2.75, 3.05) is 7.11 Å². The topological polar surface area (TPSA) is 46.5 Å². The van der Waals surface area contributed by atoms with Crippen LogP contribution in [0.1, 0.15) is 120 Å². The summed E-state index contributed by atoms with van der Waals surface area (Å²) in [5.41, 5.74) is 0.408. The second-order valence-corrected chi connectivity index (χ2v) is 8.01. The molecule has 0 saturated carbocycles. The number of Topliss-reactive ketones (excluding diaryl/α,β-unsaturated/α-hetero) is 1. The van der Waals surface area contributed by atoms with Gasteiger partial charge in [0, 0.05) is 12.5 Å². The molecule has 0 unspecified atom stereocenters. The van der Waals surface area contributed by atoms with Crippen molar-refractivity contribution in [1.29, 1.82) is 0 Å². The SMILES string of the molecule is CCCCCCCCCCCCCCCCCC(=O)c1ccc(OC)cc1O. The van der Waals surface area contributed by atoms with Gasteiger partial charge in [-0.25, -0.2) is 0 Å². The Morgan fingerprint density at radius 3 is 1.68 bits per heavy atom. The lowest BCUT2D eigenvalue weighted by Crippen LogP contribution is -1.99. The molecular weight excluding hydrogens is 348 g/mol. The molecule has 1 N–H and O–H groups in total. The van der Waals surface area contributed by atoms with Gasteiger partial charge in [0.15, 0.2) is 5.78 Å². The molecule has 0 aromatic heterocycles. The standard InChI is InChI=1S/C25H42O3/c1-3-4-5-6-7-8-9-10-11-12-13-14-15-16-17-18-24(26)23-20-19-22(28-2)21-25(23)27/h19-21,27H,3-18H2,1-2H3. The van der Waals surface area contributed by atoms with E-state index in [1.807, 2.05) is 0 Å². The minimum absolute atomic E-state index is 0.0188. The summed E-state index contributed by atoms with van der Waals surface area (Å²) >= 11 is 0. The predicted molar refractivity (Wildman–Crippen MR) is 119 cm³/mol. The summed E-state index contributed by atoms with van der Waals surface area (Å²) in [6.07, 6.45) is 20.3. The van der Waals surface area contributed by atoms with E-state index in [0.29, 0.717) is 17.7 Å². The number of rotatable bonds is 18. The number of phenolic OH excluding ortho intramolecular Hbond substituents is 1. The molecule has 1 aromatic rings. The average Bonchev–Trinajstić information content (AvgIpc) is 2.70. The molecule has 1 aromatic carbocycles. The lowest BCUT2D eigenvalue weighted by Gasteiger charge is -2.06. The van der Waals surface area contributed by atoms with E-state index in [2.05, 4.69) is 6.92 Å². The van der Waals surface area contributed by atoms with Crippen LogP contribution in [0, 0.1) is 0 Å². The molecule has 0 radical (unpaired) electrons. The van der Waals surface area contributed by atoms with Crippen LogP contribution in [0.25, 0.3) is 0 Å². The van der Waals surface area contributed by atoms with Crippen LogP contribution in [-0.2, 0) is 0 Å². The molecule has 0 spiro atoms. The van der Waals surface area contributed by atoms with Gasteiger partial charge < -0.3 is 9.84 Å². The van der Waals surface area contributed by atoms with Crippen molar-refractivity contribution < 1.29 is 14.6 Å². The van der Waals surface area contributed by atoms with E-state index in [4.69, 9.17) is 4.74 Å². The minimum Gasteiger partial charge on any atom is -0.507 e. The third-order valence-electron chi connectivity index (χ3n) is 5.51. The number of carbonyl (C=O) groups is 1. The molecule has 160 valence electrons. The number of methoxy groups -OCH3 is 1. The zero-order chi connectivity index (χ0) is 20.5. The van der Waals surface area contributed by atoms with Crippen molar-refractivity contribution in [2.45, 2.75) is 110 Å². The van der Waals surface area contributed by atoms with Crippen molar-refractivity contribution in [1.82, 2.24) is 0 Å². The Labute approximate surface area is 172 Å². The van der Waals surface area contributed by atoms with Gasteiger partial charge in [0.25, 0.3) is 0 Å². The molecule has 3 heteroatoms. The van der Waals surface area contributed by atoms with E-state index in [-0.39, 0.29) is 11.5 Å². The van der Waals surface area contributed by atoms with Crippen LogP contribution in [0.4, 0.5) is 0 Å². The van der Waals surface area contributed by atoms with Crippen molar-refractivity contribution in [3.05, 3.63) is 23.8 Å². The molecule has 0 aliphatic heterocycles. The van der Waals surface area contributed by atoms with Crippen LogP contribution in [0.2, 0.25) is 0 Å². The second kappa shape index (κ2) is 16.4. The predicted octanol–water partition coefficient (Wildman–Crippen LogP) is 7.85. The lowest BCUT2D eigenvalue weighted by molar-refractivity contribution is 0.0976. The third-order valence-corrected chi connectivity index (χ3v) is 5.51. The van der Waals surface area contributed by atoms with E-state index in [1.54, 1.807) is 19.2 Å². The van der Waals surface area contributed by atoms with Crippen LogP contribution in [0.15, 0.2) is 18.2 Å². The molecule has 1 rings (SSSR count). The van der Waals surface area contributed by atoms with Crippen LogP contribution in [0.5, 0.6) is 11.5 Å². The summed E-state index contributed by atoms with van der Waals surface area (Å²) in [5, 5.41) is 9.92. The van der Waals surface area contributed by atoms with Gasteiger partial charge in [0.05, 0.1) is 12.7 Å². The van der Waals surface area contributed by atoms with Gasteiger partial charge in [0.2, 0.25) is 0 Å². The fourth-order valence-electron chi connectivity index (χ4n) is 3.67. The van der Waals surface area contributed by atoms with Gasteiger partial charge >= 0.3 is 0 Å². The maximum atomic E-state index is 12.2. The first-order valence-corrected chi connectivity index (χ1v) is 11.6. The Bertz CT molecular complexity index is 525. The molecule has 0 aliphatic carbocycles. The van der Waals surface area contributed by atoms with E-state index < -0.39 is 0 Å². The first kappa shape index (κ1) is 24.5. The normalized spacial score (nSPS) is 10.9. The van der Waals surface area contributed by atoms with Crippen molar-refractivity contribution in [3.63, 3.8) is 0 Å². The van der Waals surface area contributed by atoms with E-state index in [9.17, 15) is 9.90 Å². The third kappa shape index (κ3) is 11.4. The van der Waals surface area contributed by atoms with Gasteiger partial charge in [0.1, 0.15) is 11.5 Å². The highest BCUT2D eigenvalue weighted by Gasteiger charge is 2.11. The number of aromatic hydroxyl groups is 1. The van der Waals surface area contributed by atoms with Crippen LogP contribution >= 0.6 is 0 Å². The van der Waals surface area contributed by atoms with Crippen molar-refractivity contribution >= 4 is 5.78 Å². The minimum atomic E-state index is 0.0188. The molecule has 0 fully saturated rings. The van der Waals surface area contributed by atoms with Gasteiger partial charge in [-0.3, -0.25) is 4.79 Å². The number of unbranched alkanes of at least 4 members (excludes halogenated alkanes) is 14. The zero-order valence-corrected chi connectivity index (χ0v) is 18.3. The van der Waals surface area contributed by atoms with E-state index in [1.165, 1.54) is 89.5 Å². The van der Waals surface area contributed by atoms with Crippen LogP contribution in [-0.4, -0.2) is 18.0 Å². The molecule has 0 atom stereocenters. The maximum absolute atomic E-state index is 12.2. The highest BCUT2D eigenvalue weighted by atomic mass is 16.5. The number of hydrogen-bond acceptors (Lipinski definition) is 3. The fraction of sp³-hybridized carbons (Fsp3) is 0.720. The zero-order valence-electron chi connectivity index (χ0n) is 18.3.